The summed E-state index contributed by atoms with van der Waals surface area (Å²) in [6.07, 6.45) is 2.40. The lowest BCUT2D eigenvalue weighted by Gasteiger charge is -2.51. The summed E-state index contributed by atoms with van der Waals surface area (Å²) in [4.78, 5) is 4.74. The Balaban J connectivity index is 1.46. The van der Waals surface area contributed by atoms with Crippen molar-refractivity contribution < 1.29 is 29.1 Å². The Morgan fingerprint density at radius 2 is 1.06 bits per heavy atom. The lowest BCUT2D eigenvalue weighted by atomic mass is 9.35. The monoisotopic (exact) mass is 902 g/mol. The van der Waals surface area contributed by atoms with E-state index in [1.807, 2.05) is 18.7 Å². The third kappa shape index (κ3) is 6.53. The topological polar surface area (TPSA) is 22.9 Å². The van der Waals surface area contributed by atoms with Crippen LogP contribution in [0.4, 0.5) is 45.5 Å². The van der Waals surface area contributed by atoms with E-state index in [4.69, 9.17) is 5.79 Å². The molecule has 5 heteroatoms. The molecule has 6 aromatic carbocycles. The van der Waals surface area contributed by atoms with E-state index in [-0.39, 0.29) is 156 Å². The van der Waals surface area contributed by atoms with E-state index in [1.54, 1.807) is 95.2 Å². The standard InChI is InChI=1S/C62H70BN3O/c1-57(2,3)39-21-27-43(28-22-39)64-50-35-41(59(7,8)9)26-32-48(50)63-54-51(64)37-45(66-49-20-16-15-19-47(49)61(13)33-17-18-34-62(61,66)14)38-52(54)65(44-29-23-40(24-30-44)58(4,5)6)55-46-31-25-42(60(10,11)12)36-53(46)67-56(55)63/h15-16,19-32,35-38H,17-18,33-34H2,1-14H3/i15D,16D,19D,20D,21D,22D,23D,24D,25D,26D,27D,28D,29D,30D,31D,32D,35D,36D. The van der Waals surface area contributed by atoms with Crippen molar-refractivity contribution in [3.63, 3.8) is 0 Å². The molecule has 67 heavy (non-hydrogen) atoms. The van der Waals surface area contributed by atoms with Crippen LogP contribution >= 0.6 is 0 Å². The zero-order chi connectivity index (χ0) is 63.0. The third-order valence-electron chi connectivity index (χ3n) is 14.8. The van der Waals surface area contributed by atoms with Crippen molar-refractivity contribution >= 4 is 79.8 Å². The number of hydrogen-bond donors (Lipinski definition) is 0. The first-order valence-corrected chi connectivity index (χ1v) is 23.6. The molecule has 0 N–H and O–H groups in total. The zero-order valence-electron chi connectivity index (χ0n) is 59.3. The van der Waals surface area contributed by atoms with E-state index >= 15 is 0 Å². The van der Waals surface area contributed by atoms with E-state index in [0.29, 0.717) is 24.8 Å². The van der Waals surface area contributed by atoms with Gasteiger partial charge in [-0.25, -0.2) is 0 Å². The van der Waals surface area contributed by atoms with Gasteiger partial charge in [-0.15, -0.1) is 0 Å². The summed E-state index contributed by atoms with van der Waals surface area (Å²) in [5, 5.41) is -0.115. The third-order valence-corrected chi connectivity index (χ3v) is 14.8. The van der Waals surface area contributed by atoms with Gasteiger partial charge in [0, 0.05) is 50.6 Å². The van der Waals surface area contributed by atoms with Crippen LogP contribution in [0.15, 0.2) is 125 Å². The summed E-state index contributed by atoms with van der Waals surface area (Å²) in [5.74, 6) is 0. The minimum absolute atomic E-state index is 0.0411. The van der Waals surface area contributed by atoms with E-state index in [1.165, 1.54) is 9.80 Å². The Kier molecular flexibility index (Phi) is 6.02. The van der Waals surface area contributed by atoms with Crippen LogP contribution in [0.2, 0.25) is 0 Å². The Morgan fingerprint density at radius 1 is 0.537 bits per heavy atom. The van der Waals surface area contributed by atoms with Gasteiger partial charge in [-0.1, -0.05) is 163 Å². The van der Waals surface area contributed by atoms with Crippen molar-refractivity contribution in [3.8, 4) is 0 Å². The molecule has 2 atom stereocenters. The van der Waals surface area contributed by atoms with Crippen molar-refractivity contribution in [1.82, 2.24) is 0 Å². The highest BCUT2D eigenvalue weighted by atomic mass is 16.3. The van der Waals surface area contributed by atoms with Gasteiger partial charge in [0.25, 0.3) is 6.71 Å². The molecule has 0 amide bonds. The normalized spacial score (nSPS) is 23.9. The molecule has 342 valence electrons. The van der Waals surface area contributed by atoms with Crippen molar-refractivity contribution in [2.24, 2.45) is 0 Å². The second-order valence-corrected chi connectivity index (χ2v) is 23.6. The predicted octanol–water partition coefficient (Wildman–Crippen LogP) is 15.4. The van der Waals surface area contributed by atoms with Crippen LogP contribution in [-0.4, -0.2) is 12.3 Å². The number of hydrogen-bond acceptors (Lipinski definition) is 4. The summed E-state index contributed by atoms with van der Waals surface area (Å²) < 4.78 is 184. The fourth-order valence-corrected chi connectivity index (χ4v) is 10.8. The summed E-state index contributed by atoms with van der Waals surface area (Å²) in [5.41, 5.74) is -5.44. The first-order valence-electron chi connectivity index (χ1n) is 32.6. The first-order chi connectivity index (χ1) is 39.0. The molecule has 0 radical (unpaired) electrons. The summed E-state index contributed by atoms with van der Waals surface area (Å²) in [6.45, 7) is 24.0. The number of benzene rings is 6. The van der Waals surface area contributed by atoms with E-state index in [9.17, 15) is 23.3 Å². The Labute approximate surface area is 426 Å². The largest absolute Gasteiger partial charge is 0.468 e. The molecule has 0 spiro atoms. The molecule has 11 rings (SSSR count). The Hall–Kier alpha value is -5.68. The van der Waals surface area contributed by atoms with Gasteiger partial charge in [-0.2, -0.15) is 0 Å². The summed E-state index contributed by atoms with van der Waals surface area (Å²) >= 11 is 0. The van der Waals surface area contributed by atoms with Crippen LogP contribution in [0.25, 0.3) is 11.0 Å². The Bertz CT molecular complexity index is 4130. The number of furan rings is 1. The fourth-order valence-electron chi connectivity index (χ4n) is 10.8. The number of rotatable bonds is 3. The molecule has 3 aliphatic heterocycles. The maximum atomic E-state index is 10.5. The molecule has 0 bridgehead atoms. The lowest BCUT2D eigenvalue weighted by molar-refractivity contribution is 0.195. The molecule has 1 fully saturated rings. The summed E-state index contributed by atoms with van der Waals surface area (Å²) in [7, 11) is 0. The van der Waals surface area contributed by atoms with Crippen molar-refractivity contribution in [3.05, 3.63) is 149 Å². The number of para-hydroxylation sites is 1. The molecule has 0 saturated heterocycles. The van der Waals surface area contributed by atoms with Gasteiger partial charge in [0.1, 0.15) is 5.58 Å². The van der Waals surface area contributed by atoms with Crippen LogP contribution in [0.5, 0.6) is 0 Å². The number of nitrogens with zero attached hydrogens (tertiary/aromatic N) is 3. The molecule has 1 saturated carbocycles. The first kappa shape index (κ1) is 28.0. The maximum Gasteiger partial charge on any atom is 0.297 e. The van der Waals surface area contributed by atoms with Crippen LogP contribution in [0, 0.1) is 0 Å². The molecule has 1 aliphatic carbocycles. The van der Waals surface area contributed by atoms with Gasteiger partial charge in [0.2, 0.25) is 0 Å². The highest BCUT2D eigenvalue weighted by molar-refractivity contribution is 7.00. The molecule has 4 nitrogen and oxygen atoms in total. The number of anilines is 8. The summed E-state index contributed by atoms with van der Waals surface area (Å²) in [6, 6.07) is -3.68. The van der Waals surface area contributed by atoms with Crippen LogP contribution in [0.3, 0.4) is 0 Å². The minimum Gasteiger partial charge on any atom is -0.468 e. The molecule has 4 aliphatic rings. The van der Waals surface area contributed by atoms with E-state index < -0.39 is 87.7 Å². The van der Waals surface area contributed by atoms with Crippen LogP contribution < -0.4 is 31.3 Å². The lowest BCUT2D eigenvalue weighted by Crippen LogP contribution is -2.61. The predicted molar refractivity (Wildman–Crippen MR) is 288 cm³/mol. The second-order valence-electron chi connectivity index (χ2n) is 23.6. The fraction of sp³-hybridized carbons (Fsp3) is 0.387. The van der Waals surface area contributed by atoms with Crippen molar-refractivity contribution in [1.29, 1.82) is 0 Å². The van der Waals surface area contributed by atoms with E-state index in [2.05, 4.69) is 0 Å². The average molecular weight is 902 g/mol. The molecule has 1 aromatic heterocycles. The minimum atomic E-state index is -1.42. The average Bonchev–Trinajstić information content (AvgIpc) is 1.71. The van der Waals surface area contributed by atoms with E-state index in [0.717, 1.165) is 6.42 Å². The highest BCUT2D eigenvalue weighted by Crippen LogP contribution is 2.62. The van der Waals surface area contributed by atoms with Crippen molar-refractivity contribution in [2.75, 3.05) is 14.7 Å². The number of fused-ring (bicyclic) bond motifs is 9. The Morgan fingerprint density at radius 3 is 1.67 bits per heavy atom. The SMILES string of the molecule is [2H]c1c([2H])c([2H])c2c(c1[2H])N(c1cc3c4c(c1)N(c1c([2H])c([2H])c(C(C)(C)C)c([2H])c1[2H])c1c(oc5c([2H])c(C(C)(C)C)c([2H])c([2H])c15)B4c1c([2H])c([2H])c(C(C)(C)C)c([2H])c1N3c1c([2H])c([2H])c(C(C)(C)C)c([2H])c1[2H])C1(C)CCCCC21C. The van der Waals surface area contributed by atoms with Gasteiger partial charge < -0.3 is 19.1 Å². The van der Waals surface area contributed by atoms with Crippen molar-refractivity contribution in [2.45, 2.75) is 155 Å². The van der Waals surface area contributed by atoms with Gasteiger partial charge in [-0.3, -0.25) is 0 Å². The molecule has 7 aromatic rings. The zero-order valence-corrected chi connectivity index (χ0v) is 41.3. The van der Waals surface area contributed by atoms with Crippen LogP contribution in [0.1, 0.15) is 175 Å². The van der Waals surface area contributed by atoms with Gasteiger partial charge in [-0.05, 0) is 141 Å². The second kappa shape index (κ2) is 14.4. The van der Waals surface area contributed by atoms with Gasteiger partial charge in [0.05, 0.1) is 41.6 Å². The van der Waals surface area contributed by atoms with Gasteiger partial charge in [0.15, 0.2) is 0 Å². The van der Waals surface area contributed by atoms with Gasteiger partial charge >= 0.3 is 0 Å². The molecule has 4 heterocycles. The molecular weight excluding hydrogens is 814 g/mol. The highest BCUT2D eigenvalue weighted by Gasteiger charge is 2.58. The molecule has 2 unspecified atom stereocenters. The quantitative estimate of drug-likeness (QED) is 0.165. The van der Waals surface area contributed by atoms with Crippen LogP contribution in [-0.2, 0) is 27.1 Å². The maximum absolute atomic E-state index is 10.5. The smallest absolute Gasteiger partial charge is 0.297 e. The molecular formula is C62H70BN3O.